The molecular formula is C36H64N8O17. The highest BCUT2D eigenvalue weighted by Crippen LogP contribution is 2.33. The molecule has 0 radical (unpaired) electrons. The summed E-state index contributed by atoms with van der Waals surface area (Å²) < 4.78 is 17.3. The Hall–Kier alpha value is -3.99. The number of aliphatic carboxylic acids is 1. The molecule has 2 unspecified atom stereocenters. The predicted molar refractivity (Wildman–Crippen MR) is 208 cm³/mol. The van der Waals surface area contributed by atoms with E-state index in [4.69, 9.17) is 30.8 Å². The zero-order chi connectivity index (χ0) is 46.3. The summed E-state index contributed by atoms with van der Waals surface area (Å²) in [5, 5.41) is 84.8. The molecule has 2 heterocycles. The third-order valence-corrected chi connectivity index (χ3v) is 10.2. The number of imide groups is 1. The molecular weight excluding hydrogens is 816 g/mol. The van der Waals surface area contributed by atoms with E-state index >= 15 is 0 Å². The minimum absolute atomic E-state index is 0.164. The van der Waals surface area contributed by atoms with Crippen molar-refractivity contribution in [2.45, 2.75) is 158 Å². The molecule has 350 valence electrons. The van der Waals surface area contributed by atoms with Gasteiger partial charge in [0.1, 0.15) is 60.8 Å². The normalized spacial score (nSPS) is 28.9. The van der Waals surface area contributed by atoms with Crippen LogP contribution < -0.4 is 38.1 Å². The molecule has 25 heteroatoms. The maximum absolute atomic E-state index is 13.3. The molecule has 0 aromatic heterocycles. The maximum atomic E-state index is 13.3. The van der Waals surface area contributed by atoms with E-state index in [1.165, 1.54) is 20.8 Å². The monoisotopic (exact) mass is 880 g/mol. The van der Waals surface area contributed by atoms with Crippen LogP contribution in [0.15, 0.2) is 0 Å². The van der Waals surface area contributed by atoms with Crippen LogP contribution in [-0.4, -0.2) is 200 Å². The van der Waals surface area contributed by atoms with E-state index < -0.39 is 146 Å². The summed E-state index contributed by atoms with van der Waals surface area (Å²) in [5.74, 6) is -5.95. The second kappa shape index (κ2) is 25.2. The van der Waals surface area contributed by atoms with Gasteiger partial charge < -0.3 is 87.6 Å². The van der Waals surface area contributed by atoms with Gasteiger partial charge in [0.05, 0.1) is 31.4 Å². The molecule has 0 aliphatic carbocycles. The minimum atomic E-state index is -1.98. The summed E-state index contributed by atoms with van der Waals surface area (Å²) >= 11 is 0. The van der Waals surface area contributed by atoms with Crippen LogP contribution in [0.4, 0.5) is 0 Å². The van der Waals surface area contributed by atoms with Gasteiger partial charge in [-0.1, -0.05) is 0 Å². The van der Waals surface area contributed by atoms with Crippen molar-refractivity contribution in [2.75, 3.05) is 26.3 Å². The first-order chi connectivity index (χ1) is 28.6. The molecule has 6 amide bonds. The maximum Gasteiger partial charge on any atom is 0.325 e. The Morgan fingerprint density at radius 1 is 0.803 bits per heavy atom. The van der Waals surface area contributed by atoms with Gasteiger partial charge in [0.15, 0.2) is 12.5 Å². The summed E-state index contributed by atoms with van der Waals surface area (Å²) in [6.07, 6.45) is -13.7. The van der Waals surface area contributed by atoms with Crippen LogP contribution in [0.25, 0.3) is 0 Å². The third-order valence-electron chi connectivity index (χ3n) is 10.2. The lowest BCUT2D eigenvalue weighted by molar-refractivity contribution is -0.307. The van der Waals surface area contributed by atoms with E-state index in [2.05, 4.69) is 26.6 Å². The van der Waals surface area contributed by atoms with Crippen molar-refractivity contribution < 1.29 is 83.5 Å². The minimum Gasteiger partial charge on any atom is -0.480 e. The number of carboxylic acids is 1. The molecule has 0 aromatic rings. The quantitative estimate of drug-likeness (QED) is 0.0424. The molecule has 0 spiro atoms. The number of carbonyl (C=O) groups is 7. The predicted octanol–water partition coefficient (Wildman–Crippen LogP) is -7.08. The number of hydrogen-bond donors (Lipinski definition) is 14. The number of aliphatic hydroxyl groups excluding tert-OH is 6. The van der Waals surface area contributed by atoms with E-state index in [9.17, 15) is 64.2 Å². The lowest BCUT2D eigenvalue weighted by Gasteiger charge is -2.53. The van der Waals surface area contributed by atoms with Crippen molar-refractivity contribution in [3.8, 4) is 0 Å². The van der Waals surface area contributed by atoms with Crippen molar-refractivity contribution in [1.29, 1.82) is 0 Å². The highest BCUT2D eigenvalue weighted by atomic mass is 16.6. The standard InChI is InChI=1S/C36H64N8O17/c1-15(12-39-16(2)31(53)43-32(54)20(38)9-10-24(49)42-21(8-6-7-11-37)33(55)40-17(3)35(56)57)59-30-26(36(58)61-23(14-46)28(30)51)44(19(5)48)34-25(41-18(4)47)29(52)27(50)22(13-45)60-34/h15-17,20-23,25-30,34,36,39,45-46,50-52,58H,6-14,37-38H2,1-5H3,(H,40,55)(H,41,47)(H,42,49)(H,56,57)(H,43,53,54)/t15?,16-,17+,20+,21-,22+,23+,25+,26+,27+,28+,29+,30+,34?,36-/m0/s1. The lowest BCUT2D eigenvalue weighted by atomic mass is 9.91. The molecule has 16 N–H and O–H groups in total. The molecule has 25 nitrogen and oxygen atoms in total. The number of unbranched alkanes of at least 4 members (excludes halogenated alkanes) is 1. The number of aliphatic hydroxyl groups is 6. The average molecular weight is 881 g/mol. The van der Waals surface area contributed by atoms with Crippen LogP contribution >= 0.6 is 0 Å². The number of carboxylic acid groups (broad SMARTS) is 1. The topological polar surface area (TPSA) is 404 Å². The zero-order valence-corrected chi connectivity index (χ0v) is 34.8. The van der Waals surface area contributed by atoms with E-state index in [0.717, 1.165) is 18.7 Å². The number of nitrogens with one attached hydrogen (secondary N) is 5. The number of rotatable bonds is 23. The van der Waals surface area contributed by atoms with Crippen molar-refractivity contribution in [2.24, 2.45) is 11.5 Å². The third kappa shape index (κ3) is 15.4. The second-order valence-electron chi connectivity index (χ2n) is 15.1. The molecule has 2 saturated heterocycles. The fourth-order valence-corrected chi connectivity index (χ4v) is 6.70. The van der Waals surface area contributed by atoms with E-state index in [-0.39, 0.29) is 25.8 Å². The molecule has 2 fully saturated rings. The largest absolute Gasteiger partial charge is 0.480 e. The summed E-state index contributed by atoms with van der Waals surface area (Å²) in [6, 6.07) is -7.89. The Kier molecular flexibility index (Phi) is 22.0. The molecule has 0 aromatic carbocycles. The van der Waals surface area contributed by atoms with Crippen LogP contribution in [0.1, 0.15) is 66.7 Å². The first-order valence-electron chi connectivity index (χ1n) is 19.9. The van der Waals surface area contributed by atoms with Gasteiger partial charge in [-0.2, -0.15) is 0 Å². The number of hydrogen-bond acceptors (Lipinski definition) is 19. The van der Waals surface area contributed by atoms with E-state index in [0.29, 0.717) is 19.4 Å². The lowest BCUT2D eigenvalue weighted by Crippen LogP contribution is -2.74. The first-order valence-corrected chi connectivity index (χ1v) is 19.9. The van der Waals surface area contributed by atoms with Crippen LogP contribution in [0.5, 0.6) is 0 Å². The van der Waals surface area contributed by atoms with Crippen LogP contribution in [-0.2, 0) is 47.8 Å². The van der Waals surface area contributed by atoms with E-state index in [1.807, 2.05) is 0 Å². The van der Waals surface area contributed by atoms with Gasteiger partial charge in [-0.15, -0.1) is 0 Å². The first kappa shape index (κ1) is 53.1. The molecule has 2 rings (SSSR count). The van der Waals surface area contributed by atoms with Gasteiger partial charge in [0, 0.05) is 26.8 Å². The summed E-state index contributed by atoms with van der Waals surface area (Å²) in [7, 11) is 0. The molecule has 0 saturated carbocycles. The number of nitrogens with two attached hydrogens (primary N) is 2. The Morgan fingerprint density at radius 3 is 1.98 bits per heavy atom. The zero-order valence-electron chi connectivity index (χ0n) is 34.8. The summed E-state index contributed by atoms with van der Waals surface area (Å²) in [4.78, 5) is 88.4. The summed E-state index contributed by atoms with van der Waals surface area (Å²) in [5.41, 5.74) is 11.4. The summed E-state index contributed by atoms with van der Waals surface area (Å²) in [6.45, 7) is 4.82. The number of carbonyl (C=O) groups excluding carboxylic acids is 6. The highest BCUT2D eigenvalue weighted by molar-refractivity contribution is 6.00. The molecule has 2 aliphatic rings. The Morgan fingerprint density at radius 2 is 1.43 bits per heavy atom. The van der Waals surface area contributed by atoms with Crippen LogP contribution in [0.3, 0.4) is 0 Å². The van der Waals surface area contributed by atoms with Gasteiger partial charge in [-0.25, -0.2) is 0 Å². The van der Waals surface area contributed by atoms with Gasteiger partial charge in [-0.05, 0) is 53.0 Å². The average Bonchev–Trinajstić information content (AvgIpc) is 3.19. The van der Waals surface area contributed by atoms with Gasteiger partial charge in [0.2, 0.25) is 35.4 Å². The highest BCUT2D eigenvalue weighted by Gasteiger charge is 2.55. The van der Waals surface area contributed by atoms with Crippen LogP contribution in [0.2, 0.25) is 0 Å². The van der Waals surface area contributed by atoms with Crippen molar-refractivity contribution >= 4 is 41.4 Å². The second-order valence-corrected chi connectivity index (χ2v) is 15.1. The van der Waals surface area contributed by atoms with Crippen molar-refractivity contribution in [3.63, 3.8) is 0 Å². The van der Waals surface area contributed by atoms with Crippen molar-refractivity contribution in [3.05, 3.63) is 0 Å². The number of amides is 6. The van der Waals surface area contributed by atoms with Gasteiger partial charge in [-0.3, -0.25) is 38.9 Å². The van der Waals surface area contributed by atoms with Crippen LogP contribution in [0, 0.1) is 0 Å². The van der Waals surface area contributed by atoms with Crippen molar-refractivity contribution in [1.82, 2.24) is 31.5 Å². The Labute approximate surface area is 352 Å². The molecule has 15 atom stereocenters. The van der Waals surface area contributed by atoms with Gasteiger partial charge in [0.25, 0.3) is 0 Å². The fourth-order valence-electron chi connectivity index (χ4n) is 6.70. The smallest absolute Gasteiger partial charge is 0.325 e. The number of nitrogens with zero attached hydrogens (tertiary/aromatic N) is 1. The molecule has 2 aliphatic heterocycles. The molecule has 0 bridgehead atoms. The fraction of sp³-hybridized carbons (Fsp3) is 0.806. The molecule has 61 heavy (non-hydrogen) atoms. The van der Waals surface area contributed by atoms with E-state index in [1.54, 1.807) is 0 Å². The Balaban J connectivity index is 2.10. The van der Waals surface area contributed by atoms with Gasteiger partial charge >= 0.3 is 5.97 Å². The SMILES string of the molecule is CC(=O)N[C@H]1C(N(C(C)=O)[C@@H]2[C@@H](OC(C)CN[C@@H](C)C(=O)NC(=O)[C@H](N)CCC(=O)N[C@@H](CCCCN)C(=O)N[C@H](C)C(=O)O)[C@H](O)[C@@H](CO)O[C@@H]2O)O[C@H](CO)[C@@H](O)[C@@H]1O. The number of ether oxygens (including phenoxy) is 3. The Bertz CT molecular complexity index is 1500.